The summed E-state index contributed by atoms with van der Waals surface area (Å²) in [7, 11) is 1.83. The van der Waals surface area contributed by atoms with Crippen LogP contribution in [0.1, 0.15) is 44.1 Å². The minimum Gasteiger partial charge on any atom is -0.381 e. The molecule has 1 aromatic rings. The highest BCUT2D eigenvalue weighted by Gasteiger charge is 2.35. The molecular weight excluding hydrogens is 501 g/mol. The fourth-order valence-corrected chi connectivity index (χ4v) is 4.45. The van der Waals surface area contributed by atoms with Crippen LogP contribution in [0.5, 0.6) is 0 Å². The van der Waals surface area contributed by atoms with E-state index in [9.17, 15) is 0 Å². The minimum absolute atomic E-state index is 0. The third-order valence-electron chi connectivity index (χ3n) is 5.95. The van der Waals surface area contributed by atoms with Gasteiger partial charge in [-0.25, -0.2) is 0 Å². The van der Waals surface area contributed by atoms with Crippen molar-refractivity contribution in [3.63, 3.8) is 0 Å². The van der Waals surface area contributed by atoms with Crippen LogP contribution in [0, 0.1) is 5.92 Å². The van der Waals surface area contributed by atoms with Crippen molar-refractivity contribution in [3.8, 4) is 0 Å². The molecule has 1 saturated heterocycles. The van der Waals surface area contributed by atoms with Crippen LogP contribution >= 0.6 is 35.6 Å². The lowest BCUT2D eigenvalue weighted by Gasteiger charge is -2.31. The number of rotatable bonds is 9. The zero-order chi connectivity index (χ0) is 19.7. The standard InChI is InChI=1S/C22H34ClN3O2.HI/c1-24-21(25-11-5-12-27-15-18-8-13-28-16-18)26-17-22(9-2-3-10-22)19-6-4-7-20(23)14-19;/h4,6-7,14,18H,2-3,5,8-13,15-17H2,1H3,(H2,24,25,26);1H. The highest BCUT2D eigenvalue weighted by molar-refractivity contribution is 14.0. The van der Waals surface area contributed by atoms with Gasteiger partial charge in [0.25, 0.3) is 0 Å². The molecule has 1 aliphatic heterocycles. The van der Waals surface area contributed by atoms with Gasteiger partial charge in [-0.15, -0.1) is 24.0 Å². The molecule has 7 heteroatoms. The molecule has 1 aromatic carbocycles. The number of nitrogens with zero attached hydrogens (tertiary/aromatic N) is 1. The predicted octanol–water partition coefficient (Wildman–Crippen LogP) is 4.38. The Morgan fingerprint density at radius 3 is 2.83 bits per heavy atom. The summed E-state index contributed by atoms with van der Waals surface area (Å²) in [6.45, 7) is 5.05. The maximum absolute atomic E-state index is 6.25. The van der Waals surface area contributed by atoms with Gasteiger partial charge in [0.1, 0.15) is 0 Å². The van der Waals surface area contributed by atoms with Crippen molar-refractivity contribution in [1.29, 1.82) is 0 Å². The Hall–Kier alpha value is -0.570. The molecule has 5 nitrogen and oxygen atoms in total. The van der Waals surface area contributed by atoms with Crippen molar-refractivity contribution >= 4 is 41.5 Å². The largest absolute Gasteiger partial charge is 0.381 e. The second-order valence-electron chi connectivity index (χ2n) is 8.01. The van der Waals surface area contributed by atoms with Crippen LogP contribution in [0.2, 0.25) is 5.02 Å². The lowest BCUT2D eigenvalue weighted by Crippen LogP contribution is -2.45. The van der Waals surface area contributed by atoms with Gasteiger partial charge in [-0.05, 0) is 43.4 Å². The van der Waals surface area contributed by atoms with Gasteiger partial charge in [-0.2, -0.15) is 0 Å². The summed E-state index contributed by atoms with van der Waals surface area (Å²) in [6.07, 6.45) is 7.01. The van der Waals surface area contributed by atoms with Gasteiger partial charge in [-0.3, -0.25) is 4.99 Å². The topological polar surface area (TPSA) is 54.9 Å². The Morgan fingerprint density at radius 2 is 2.14 bits per heavy atom. The Kier molecular flexibility index (Phi) is 11.0. The molecule has 2 fully saturated rings. The maximum Gasteiger partial charge on any atom is 0.191 e. The Bertz CT molecular complexity index is 632. The quantitative estimate of drug-likeness (QED) is 0.213. The van der Waals surface area contributed by atoms with Gasteiger partial charge in [-0.1, -0.05) is 36.6 Å². The average Bonchev–Trinajstić information content (AvgIpc) is 3.39. The highest BCUT2D eigenvalue weighted by atomic mass is 127. The number of nitrogens with one attached hydrogen (secondary N) is 2. The van der Waals surface area contributed by atoms with Crippen molar-refractivity contribution in [2.24, 2.45) is 10.9 Å². The number of hydrogen-bond acceptors (Lipinski definition) is 3. The summed E-state index contributed by atoms with van der Waals surface area (Å²) in [5.74, 6) is 1.44. The smallest absolute Gasteiger partial charge is 0.191 e. The summed E-state index contributed by atoms with van der Waals surface area (Å²) in [5.41, 5.74) is 1.49. The normalized spacial score (nSPS) is 21.0. The summed E-state index contributed by atoms with van der Waals surface area (Å²) >= 11 is 6.25. The molecule has 1 atom stereocenters. The van der Waals surface area contributed by atoms with Crippen LogP contribution < -0.4 is 10.6 Å². The molecule has 2 N–H and O–H groups in total. The van der Waals surface area contributed by atoms with E-state index in [1.807, 2.05) is 13.1 Å². The fraction of sp³-hybridized carbons (Fsp3) is 0.682. The molecule has 0 bridgehead atoms. The molecule has 1 unspecified atom stereocenters. The second-order valence-corrected chi connectivity index (χ2v) is 8.44. The number of aliphatic imine (C=N–C) groups is 1. The van der Waals surface area contributed by atoms with E-state index in [1.165, 1.54) is 31.2 Å². The van der Waals surface area contributed by atoms with E-state index >= 15 is 0 Å². The van der Waals surface area contributed by atoms with Crippen LogP contribution in [0.25, 0.3) is 0 Å². The highest BCUT2D eigenvalue weighted by Crippen LogP contribution is 2.41. The van der Waals surface area contributed by atoms with E-state index in [0.29, 0.717) is 5.92 Å². The van der Waals surface area contributed by atoms with Crippen LogP contribution in [0.3, 0.4) is 0 Å². The van der Waals surface area contributed by atoms with Crippen LogP contribution in [-0.4, -0.2) is 52.5 Å². The lowest BCUT2D eigenvalue weighted by atomic mass is 9.79. The maximum atomic E-state index is 6.25. The van der Waals surface area contributed by atoms with Crippen molar-refractivity contribution in [2.75, 3.05) is 46.6 Å². The first kappa shape index (κ1) is 24.7. The van der Waals surface area contributed by atoms with Gasteiger partial charge in [0.05, 0.1) is 13.2 Å². The number of halogens is 2. The molecule has 3 rings (SSSR count). The number of ether oxygens (including phenoxy) is 2. The molecule has 0 aromatic heterocycles. The van der Waals surface area contributed by atoms with Crippen LogP contribution in [0.4, 0.5) is 0 Å². The Balaban J connectivity index is 0.00000300. The van der Waals surface area contributed by atoms with Gasteiger partial charge in [0.15, 0.2) is 5.96 Å². The first-order valence-corrected chi connectivity index (χ1v) is 11.0. The Labute approximate surface area is 197 Å². The van der Waals surface area contributed by atoms with E-state index in [4.69, 9.17) is 21.1 Å². The molecular formula is C22H35ClIN3O2. The molecule has 1 saturated carbocycles. The summed E-state index contributed by atoms with van der Waals surface area (Å²) in [5, 5.41) is 7.77. The third-order valence-corrected chi connectivity index (χ3v) is 6.19. The lowest BCUT2D eigenvalue weighted by molar-refractivity contribution is 0.0888. The zero-order valence-electron chi connectivity index (χ0n) is 17.4. The van der Waals surface area contributed by atoms with E-state index < -0.39 is 0 Å². The first-order chi connectivity index (χ1) is 13.7. The van der Waals surface area contributed by atoms with E-state index in [0.717, 1.165) is 63.3 Å². The van der Waals surface area contributed by atoms with Crippen molar-refractivity contribution < 1.29 is 9.47 Å². The summed E-state index contributed by atoms with van der Waals surface area (Å²) in [4.78, 5) is 4.38. The first-order valence-electron chi connectivity index (χ1n) is 10.6. The average molecular weight is 536 g/mol. The van der Waals surface area contributed by atoms with Crippen molar-refractivity contribution in [3.05, 3.63) is 34.9 Å². The molecule has 29 heavy (non-hydrogen) atoms. The van der Waals surface area contributed by atoms with Gasteiger partial charge < -0.3 is 20.1 Å². The number of hydrogen-bond donors (Lipinski definition) is 2. The molecule has 2 aliphatic rings. The molecule has 164 valence electrons. The van der Waals surface area contributed by atoms with Crippen LogP contribution in [-0.2, 0) is 14.9 Å². The summed E-state index contributed by atoms with van der Waals surface area (Å²) < 4.78 is 11.1. The molecule has 0 spiro atoms. The fourth-order valence-electron chi connectivity index (χ4n) is 4.26. The minimum atomic E-state index is 0. The van der Waals surface area contributed by atoms with Crippen LogP contribution in [0.15, 0.2) is 29.3 Å². The number of benzene rings is 1. The number of guanidine groups is 1. The SMILES string of the molecule is CN=C(NCCCOCC1CCOC1)NCC1(c2cccc(Cl)c2)CCCC1.I. The molecule has 0 amide bonds. The van der Waals surface area contributed by atoms with E-state index in [2.05, 4.69) is 33.8 Å². The Morgan fingerprint density at radius 1 is 1.31 bits per heavy atom. The predicted molar refractivity (Wildman–Crippen MR) is 131 cm³/mol. The second kappa shape index (κ2) is 13.0. The molecule has 1 aliphatic carbocycles. The third kappa shape index (κ3) is 7.56. The molecule has 1 heterocycles. The molecule has 0 radical (unpaired) electrons. The van der Waals surface area contributed by atoms with Gasteiger partial charge in [0.2, 0.25) is 0 Å². The van der Waals surface area contributed by atoms with E-state index in [1.54, 1.807) is 0 Å². The van der Waals surface area contributed by atoms with Crippen molar-refractivity contribution in [1.82, 2.24) is 10.6 Å². The van der Waals surface area contributed by atoms with Gasteiger partial charge >= 0.3 is 0 Å². The van der Waals surface area contributed by atoms with E-state index in [-0.39, 0.29) is 29.4 Å². The summed E-state index contributed by atoms with van der Waals surface area (Å²) in [6, 6.07) is 8.34. The monoisotopic (exact) mass is 535 g/mol. The van der Waals surface area contributed by atoms with Crippen molar-refractivity contribution in [2.45, 2.75) is 43.9 Å². The van der Waals surface area contributed by atoms with Gasteiger partial charge in [0, 0.05) is 49.7 Å². The zero-order valence-corrected chi connectivity index (χ0v) is 20.5.